The SMILES string of the molecule is Cc1ccccc1Cc1cccc(N=C=O)c1. The van der Waals surface area contributed by atoms with Crippen molar-refractivity contribution in [3.8, 4) is 0 Å². The first-order valence-corrected chi connectivity index (χ1v) is 5.51. The summed E-state index contributed by atoms with van der Waals surface area (Å²) >= 11 is 0. The molecule has 2 rings (SSSR count). The number of rotatable bonds is 3. The lowest BCUT2D eigenvalue weighted by molar-refractivity contribution is 0.565. The first-order chi connectivity index (χ1) is 8.29. The van der Waals surface area contributed by atoms with Crippen LogP contribution in [0.3, 0.4) is 0 Å². The number of carbonyl (C=O) groups excluding carboxylic acids is 1. The summed E-state index contributed by atoms with van der Waals surface area (Å²) in [4.78, 5) is 13.8. The van der Waals surface area contributed by atoms with E-state index in [2.05, 4.69) is 24.0 Å². The number of benzene rings is 2. The van der Waals surface area contributed by atoms with Crippen molar-refractivity contribution in [3.05, 3.63) is 65.2 Å². The fraction of sp³-hybridized carbons (Fsp3) is 0.133. The third-order valence-corrected chi connectivity index (χ3v) is 2.74. The van der Waals surface area contributed by atoms with Crippen LogP contribution in [0.1, 0.15) is 16.7 Å². The largest absolute Gasteiger partial charge is 0.240 e. The van der Waals surface area contributed by atoms with Crippen molar-refractivity contribution < 1.29 is 4.79 Å². The fourth-order valence-corrected chi connectivity index (χ4v) is 1.82. The molecule has 0 saturated heterocycles. The van der Waals surface area contributed by atoms with Gasteiger partial charge in [0.05, 0.1) is 5.69 Å². The van der Waals surface area contributed by atoms with Crippen LogP contribution in [0.5, 0.6) is 0 Å². The fourth-order valence-electron chi connectivity index (χ4n) is 1.82. The maximum atomic E-state index is 10.2. The minimum absolute atomic E-state index is 0.658. The first-order valence-electron chi connectivity index (χ1n) is 5.51. The van der Waals surface area contributed by atoms with Crippen molar-refractivity contribution in [2.45, 2.75) is 13.3 Å². The van der Waals surface area contributed by atoms with Gasteiger partial charge in [0.25, 0.3) is 0 Å². The molecule has 2 aromatic carbocycles. The van der Waals surface area contributed by atoms with E-state index in [9.17, 15) is 4.79 Å². The molecule has 2 nitrogen and oxygen atoms in total. The molecular formula is C15H13NO. The van der Waals surface area contributed by atoms with Gasteiger partial charge < -0.3 is 0 Å². The van der Waals surface area contributed by atoms with Crippen molar-refractivity contribution in [3.63, 3.8) is 0 Å². The molecule has 17 heavy (non-hydrogen) atoms. The van der Waals surface area contributed by atoms with E-state index < -0.39 is 0 Å². The second-order valence-corrected chi connectivity index (χ2v) is 3.98. The number of aliphatic imine (C=N–C) groups is 1. The molecule has 0 aliphatic rings. The van der Waals surface area contributed by atoms with Crippen LogP contribution in [-0.2, 0) is 11.2 Å². The highest BCUT2D eigenvalue weighted by Crippen LogP contribution is 2.18. The Kier molecular flexibility index (Phi) is 3.49. The number of hydrogen-bond donors (Lipinski definition) is 0. The van der Waals surface area contributed by atoms with Crippen LogP contribution in [0, 0.1) is 6.92 Å². The van der Waals surface area contributed by atoms with Gasteiger partial charge in [0, 0.05) is 0 Å². The summed E-state index contributed by atoms with van der Waals surface area (Å²) in [6, 6.07) is 15.9. The Hall–Kier alpha value is -2.18. The van der Waals surface area contributed by atoms with Gasteiger partial charge in [-0.2, -0.15) is 4.99 Å². The smallest absolute Gasteiger partial charge is 0.211 e. The quantitative estimate of drug-likeness (QED) is 0.578. The zero-order valence-electron chi connectivity index (χ0n) is 9.68. The van der Waals surface area contributed by atoms with E-state index in [1.54, 1.807) is 12.1 Å². The predicted octanol–water partition coefficient (Wildman–Crippen LogP) is 3.55. The molecule has 0 aliphatic heterocycles. The molecule has 0 radical (unpaired) electrons. The highest BCUT2D eigenvalue weighted by molar-refractivity contribution is 5.50. The van der Waals surface area contributed by atoms with Gasteiger partial charge in [0.2, 0.25) is 6.08 Å². The molecule has 2 heteroatoms. The molecule has 2 aromatic rings. The van der Waals surface area contributed by atoms with Gasteiger partial charge in [0.15, 0.2) is 0 Å². The minimum atomic E-state index is 0.658. The van der Waals surface area contributed by atoms with Crippen LogP contribution in [0.2, 0.25) is 0 Å². The van der Waals surface area contributed by atoms with E-state index in [1.165, 1.54) is 11.1 Å². The Morgan fingerprint density at radius 2 is 1.94 bits per heavy atom. The van der Waals surface area contributed by atoms with E-state index in [-0.39, 0.29) is 0 Å². The number of hydrogen-bond acceptors (Lipinski definition) is 2. The van der Waals surface area contributed by atoms with Crippen molar-refractivity contribution in [1.29, 1.82) is 0 Å². The molecule has 0 saturated carbocycles. The van der Waals surface area contributed by atoms with Gasteiger partial charge in [0.1, 0.15) is 0 Å². The summed E-state index contributed by atoms with van der Waals surface area (Å²) in [5.74, 6) is 0. The van der Waals surface area contributed by atoms with E-state index >= 15 is 0 Å². The monoisotopic (exact) mass is 223 g/mol. The van der Waals surface area contributed by atoms with Crippen LogP contribution in [0.15, 0.2) is 53.5 Å². The number of nitrogens with zero attached hydrogens (tertiary/aromatic N) is 1. The van der Waals surface area contributed by atoms with Crippen molar-refractivity contribution in [2.75, 3.05) is 0 Å². The second kappa shape index (κ2) is 5.24. The molecule has 0 amide bonds. The molecular weight excluding hydrogens is 210 g/mol. The minimum Gasteiger partial charge on any atom is -0.211 e. The van der Waals surface area contributed by atoms with Gasteiger partial charge in [-0.25, -0.2) is 4.79 Å². The average molecular weight is 223 g/mol. The van der Waals surface area contributed by atoms with E-state index in [4.69, 9.17) is 0 Å². The third-order valence-electron chi connectivity index (χ3n) is 2.74. The lowest BCUT2D eigenvalue weighted by Crippen LogP contribution is -1.90. The molecule has 0 fully saturated rings. The highest BCUT2D eigenvalue weighted by Gasteiger charge is 2.00. The average Bonchev–Trinajstić information content (AvgIpc) is 2.33. The van der Waals surface area contributed by atoms with Crippen LogP contribution in [0.25, 0.3) is 0 Å². The predicted molar refractivity (Wildman–Crippen MR) is 68.2 cm³/mol. The molecule has 0 atom stereocenters. The van der Waals surface area contributed by atoms with Gasteiger partial charge in [-0.15, -0.1) is 0 Å². The maximum Gasteiger partial charge on any atom is 0.240 e. The maximum absolute atomic E-state index is 10.2. The van der Waals surface area contributed by atoms with E-state index in [0.717, 1.165) is 12.0 Å². The van der Waals surface area contributed by atoms with Gasteiger partial charge >= 0.3 is 0 Å². The Labute approximate surface area is 101 Å². The number of isocyanates is 1. The molecule has 0 spiro atoms. The summed E-state index contributed by atoms with van der Waals surface area (Å²) in [7, 11) is 0. The lowest BCUT2D eigenvalue weighted by atomic mass is 10.0. The normalized spacial score (nSPS) is 9.71. The van der Waals surface area contributed by atoms with Crippen molar-refractivity contribution in [2.24, 2.45) is 4.99 Å². The molecule has 0 aromatic heterocycles. The Bertz CT molecular complexity index is 569. The van der Waals surface area contributed by atoms with Crippen LogP contribution in [-0.4, -0.2) is 6.08 Å². The van der Waals surface area contributed by atoms with E-state index in [0.29, 0.717) is 5.69 Å². The van der Waals surface area contributed by atoms with Crippen molar-refractivity contribution in [1.82, 2.24) is 0 Å². The van der Waals surface area contributed by atoms with Crippen molar-refractivity contribution >= 4 is 11.8 Å². The summed E-state index contributed by atoms with van der Waals surface area (Å²) in [5, 5.41) is 0. The standard InChI is InChI=1S/C15H13NO/c1-12-5-2-3-7-14(12)9-13-6-4-8-15(10-13)16-11-17/h2-8,10H,9H2,1H3. The van der Waals surface area contributed by atoms with Gasteiger partial charge in [-0.3, -0.25) is 0 Å². The second-order valence-electron chi connectivity index (χ2n) is 3.98. The first kappa shape index (κ1) is 11.3. The topological polar surface area (TPSA) is 29.4 Å². The van der Waals surface area contributed by atoms with Gasteiger partial charge in [-0.1, -0.05) is 36.4 Å². The Morgan fingerprint density at radius 3 is 2.71 bits per heavy atom. The molecule has 0 bridgehead atoms. The Balaban J connectivity index is 2.27. The zero-order valence-corrected chi connectivity index (χ0v) is 9.68. The lowest BCUT2D eigenvalue weighted by Gasteiger charge is -2.05. The van der Waals surface area contributed by atoms with Crippen LogP contribution >= 0.6 is 0 Å². The van der Waals surface area contributed by atoms with Gasteiger partial charge in [-0.05, 0) is 42.2 Å². The van der Waals surface area contributed by atoms with Crippen LogP contribution < -0.4 is 0 Å². The molecule has 84 valence electrons. The molecule has 0 unspecified atom stereocenters. The molecule has 0 heterocycles. The third kappa shape index (κ3) is 2.90. The highest BCUT2D eigenvalue weighted by atomic mass is 16.1. The summed E-state index contributed by atoms with van der Waals surface area (Å²) in [5.41, 5.74) is 4.37. The molecule has 0 N–H and O–H groups in total. The Morgan fingerprint density at radius 1 is 1.12 bits per heavy atom. The summed E-state index contributed by atoms with van der Waals surface area (Å²) in [6.07, 6.45) is 2.42. The summed E-state index contributed by atoms with van der Waals surface area (Å²) < 4.78 is 0. The summed E-state index contributed by atoms with van der Waals surface area (Å²) in [6.45, 7) is 2.10. The zero-order chi connectivity index (χ0) is 12.1. The van der Waals surface area contributed by atoms with Crippen LogP contribution in [0.4, 0.5) is 5.69 Å². The number of aryl methyl sites for hydroxylation is 1. The van der Waals surface area contributed by atoms with E-state index in [1.807, 2.05) is 30.3 Å². The molecule has 0 aliphatic carbocycles.